The van der Waals surface area contributed by atoms with Crippen molar-refractivity contribution < 1.29 is 9.53 Å². The minimum Gasteiger partial charge on any atom is -0.496 e. The van der Waals surface area contributed by atoms with Crippen LogP contribution in [0, 0.1) is 5.92 Å². The van der Waals surface area contributed by atoms with E-state index in [2.05, 4.69) is 5.32 Å². The van der Waals surface area contributed by atoms with E-state index in [0.29, 0.717) is 5.82 Å². The molecular formula is C20H21N3O2. The molecule has 0 fully saturated rings. The molecule has 0 saturated carbocycles. The largest absolute Gasteiger partial charge is 0.496 e. The normalized spacial score (nSPS) is 10.7. The number of ether oxygens (including phenoxy) is 1. The molecule has 3 rings (SSSR count). The molecule has 1 N–H and O–H groups in total. The van der Waals surface area contributed by atoms with Gasteiger partial charge >= 0.3 is 0 Å². The van der Waals surface area contributed by atoms with Crippen molar-refractivity contribution in [3.05, 3.63) is 60.7 Å². The third-order valence-electron chi connectivity index (χ3n) is 3.87. The summed E-state index contributed by atoms with van der Waals surface area (Å²) in [5.74, 6) is 1.20. The number of amides is 1. The third kappa shape index (κ3) is 3.55. The molecule has 5 nitrogen and oxygen atoms in total. The molecule has 0 spiro atoms. The number of rotatable bonds is 5. The molecule has 0 aliphatic carbocycles. The Balaban J connectivity index is 2.10. The third-order valence-corrected chi connectivity index (χ3v) is 3.87. The number of para-hydroxylation sites is 2. The number of nitrogens with zero attached hydrogens (tertiary/aromatic N) is 2. The Kier molecular flexibility index (Phi) is 4.84. The van der Waals surface area contributed by atoms with E-state index in [0.717, 1.165) is 22.7 Å². The minimum atomic E-state index is -0.117. The maximum Gasteiger partial charge on any atom is 0.228 e. The molecular weight excluding hydrogens is 314 g/mol. The molecule has 5 heteroatoms. The highest BCUT2D eigenvalue weighted by atomic mass is 16.5. The average molecular weight is 335 g/mol. The monoisotopic (exact) mass is 335 g/mol. The molecule has 0 atom stereocenters. The fraction of sp³-hybridized carbons (Fsp3) is 0.200. The zero-order valence-corrected chi connectivity index (χ0v) is 14.6. The second-order valence-corrected chi connectivity index (χ2v) is 6.01. The number of methoxy groups -OCH3 is 1. The van der Waals surface area contributed by atoms with Crippen LogP contribution in [0.1, 0.15) is 13.8 Å². The molecule has 0 aliphatic heterocycles. The summed E-state index contributed by atoms with van der Waals surface area (Å²) in [7, 11) is 1.63. The zero-order valence-electron chi connectivity index (χ0n) is 14.6. The van der Waals surface area contributed by atoms with Crippen molar-refractivity contribution in [2.75, 3.05) is 12.4 Å². The fourth-order valence-corrected chi connectivity index (χ4v) is 2.49. The van der Waals surface area contributed by atoms with Crippen LogP contribution in [0.15, 0.2) is 60.7 Å². The van der Waals surface area contributed by atoms with E-state index in [1.165, 1.54) is 0 Å². The SMILES string of the molecule is COc1ccccc1-c1cc(NC(=O)C(C)C)n(-c2ccccc2)n1. The highest BCUT2D eigenvalue weighted by molar-refractivity contribution is 5.92. The molecule has 25 heavy (non-hydrogen) atoms. The fourth-order valence-electron chi connectivity index (χ4n) is 2.49. The van der Waals surface area contributed by atoms with E-state index in [-0.39, 0.29) is 11.8 Å². The Morgan fingerprint density at radius 1 is 1.08 bits per heavy atom. The molecule has 3 aromatic rings. The van der Waals surface area contributed by atoms with Crippen molar-refractivity contribution >= 4 is 11.7 Å². The molecule has 128 valence electrons. The lowest BCUT2D eigenvalue weighted by atomic mass is 10.1. The van der Waals surface area contributed by atoms with Gasteiger partial charge in [-0.25, -0.2) is 4.68 Å². The molecule has 0 unspecified atom stereocenters. The van der Waals surface area contributed by atoms with E-state index >= 15 is 0 Å². The maximum atomic E-state index is 12.2. The topological polar surface area (TPSA) is 56.1 Å². The Labute approximate surface area is 147 Å². The van der Waals surface area contributed by atoms with E-state index in [1.807, 2.05) is 74.5 Å². The Hall–Kier alpha value is -3.08. The quantitative estimate of drug-likeness (QED) is 0.762. The van der Waals surface area contributed by atoms with Gasteiger partial charge in [-0.1, -0.05) is 44.2 Å². The van der Waals surface area contributed by atoms with E-state index in [9.17, 15) is 4.79 Å². The van der Waals surface area contributed by atoms with Crippen molar-refractivity contribution in [3.8, 4) is 22.7 Å². The van der Waals surface area contributed by atoms with Crippen LogP contribution in [0.2, 0.25) is 0 Å². The van der Waals surface area contributed by atoms with E-state index in [4.69, 9.17) is 9.84 Å². The summed E-state index contributed by atoms with van der Waals surface area (Å²) >= 11 is 0. The Morgan fingerprint density at radius 2 is 1.76 bits per heavy atom. The van der Waals surface area contributed by atoms with Gasteiger partial charge in [0.25, 0.3) is 0 Å². The first-order chi connectivity index (χ1) is 12.1. The van der Waals surface area contributed by atoms with Gasteiger partial charge in [0.05, 0.1) is 18.5 Å². The Morgan fingerprint density at radius 3 is 2.44 bits per heavy atom. The number of carbonyl (C=O) groups excluding carboxylic acids is 1. The van der Waals surface area contributed by atoms with Crippen molar-refractivity contribution in [1.82, 2.24) is 9.78 Å². The van der Waals surface area contributed by atoms with Crippen molar-refractivity contribution in [2.45, 2.75) is 13.8 Å². The second kappa shape index (κ2) is 7.21. The number of benzene rings is 2. The molecule has 1 amide bonds. The number of anilines is 1. The molecule has 1 aromatic heterocycles. The molecule has 0 radical (unpaired) electrons. The maximum absolute atomic E-state index is 12.2. The van der Waals surface area contributed by atoms with Gasteiger partial charge in [0.1, 0.15) is 11.6 Å². The summed E-state index contributed by atoms with van der Waals surface area (Å²) in [5, 5.41) is 7.65. The lowest BCUT2D eigenvalue weighted by Crippen LogP contribution is -2.19. The predicted octanol–water partition coefficient (Wildman–Crippen LogP) is 4.14. The smallest absolute Gasteiger partial charge is 0.228 e. The van der Waals surface area contributed by atoms with E-state index in [1.54, 1.807) is 11.8 Å². The first-order valence-electron chi connectivity index (χ1n) is 8.20. The highest BCUT2D eigenvalue weighted by Crippen LogP contribution is 2.31. The van der Waals surface area contributed by atoms with Gasteiger partial charge in [-0.15, -0.1) is 0 Å². The predicted molar refractivity (Wildman–Crippen MR) is 99.0 cm³/mol. The number of aromatic nitrogens is 2. The first kappa shape index (κ1) is 16.8. The minimum absolute atomic E-state index is 0.0522. The summed E-state index contributed by atoms with van der Waals surface area (Å²) < 4.78 is 7.18. The lowest BCUT2D eigenvalue weighted by molar-refractivity contribution is -0.118. The molecule has 2 aromatic carbocycles. The van der Waals surface area contributed by atoms with Gasteiger partial charge in [-0.2, -0.15) is 5.10 Å². The van der Waals surface area contributed by atoms with Gasteiger partial charge < -0.3 is 10.1 Å². The van der Waals surface area contributed by atoms with Gasteiger partial charge in [-0.05, 0) is 24.3 Å². The van der Waals surface area contributed by atoms with Crippen LogP contribution in [0.3, 0.4) is 0 Å². The number of carbonyl (C=O) groups is 1. The molecule has 1 heterocycles. The van der Waals surface area contributed by atoms with Crippen LogP contribution in [-0.2, 0) is 4.79 Å². The van der Waals surface area contributed by atoms with Gasteiger partial charge in [0.15, 0.2) is 0 Å². The van der Waals surface area contributed by atoms with Crippen molar-refractivity contribution in [1.29, 1.82) is 0 Å². The second-order valence-electron chi connectivity index (χ2n) is 6.01. The summed E-state index contributed by atoms with van der Waals surface area (Å²) in [6, 6.07) is 19.3. The van der Waals surface area contributed by atoms with Crippen LogP contribution >= 0.6 is 0 Å². The lowest BCUT2D eigenvalue weighted by Gasteiger charge is -2.10. The first-order valence-corrected chi connectivity index (χ1v) is 8.20. The van der Waals surface area contributed by atoms with Crippen LogP contribution in [0.4, 0.5) is 5.82 Å². The summed E-state index contributed by atoms with van der Waals surface area (Å²) in [6.45, 7) is 3.72. The summed E-state index contributed by atoms with van der Waals surface area (Å²) in [4.78, 5) is 12.2. The van der Waals surface area contributed by atoms with Gasteiger partial charge in [-0.3, -0.25) is 4.79 Å². The highest BCUT2D eigenvalue weighted by Gasteiger charge is 2.17. The molecule has 0 saturated heterocycles. The number of hydrogen-bond donors (Lipinski definition) is 1. The molecule has 0 aliphatic rings. The van der Waals surface area contributed by atoms with Crippen LogP contribution in [0.5, 0.6) is 5.75 Å². The van der Waals surface area contributed by atoms with Crippen LogP contribution < -0.4 is 10.1 Å². The van der Waals surface area contributed by atoms with Crippen molar-refractivity contribution in [3.63, 3.8) is 0 Å². The number of nitrogens with one attached hydrogen (secondary N) is 1. The van der Waals surface area contributed by atoms with E-state index < -0.39 is 0 Å². The standard InChI is InChI=1S/C20H21N3O2/c1-14(2)20(24)21-19-13-17(16-11-7-8-12-18(16)25-3)22-23(19)15-9-5-4-6-10-15/h4-14H,1-3H3,(H,21,24). The average Bonchev–Trinajstić information content (AvgIpc) is 3.06. The van der Waals surface area contributed by atoms with Gasteiger partial charge in [0.2, 0.25) is 5.91 Å². The summed E-state index contributed by atoms with van der Waals surface area (Å²) in [5.41, 5.74) is 2.49. The van der Waals surface area contributed by atoms with Crippen LogP contribution in [0.25, 0.3) is 16.9 Å². The summed E-state index contributed by atoms with van der Waals surface area (Å²) in [6.07, 6.45) is 0. The van der Waals surface area contributed by atoms with Crippen LogP contribution in [-0.4, -0.2) is 22.8 Å². The molecule has 0 bridgehead atoms. The van der Waals surface area contributed by atoms with Gasteiger partial charge in [0, 0.05) is 17.5 Å². The zero-order chi connectivity index (χ0) is 17.8. The van der Waals surface area contributed by atoms with Crippen molar-refractivity contribution in [2.24, 2.45) is 5.92 Å². The Bertz CT molecular complexity index is 870. The number of hydrogen-bond acceptors (Lipinski definition) is 3.